The van der Waals surface area contributed by atoms with Gasteiger partial charge in [0.05, 0.1) is 5.70 Å². The molecule has 0 saturated heterocycles. The number of carbonyl (C=O) groups excluding carboxylic acids is 1. The minimum Gasteiger partial charge on any atom is -0.397 e. The molecule has 0 bridgehead atoms. The number of benzene rings is 1. The fraction of sp³-hybridized carbons (Fsp3) is 0.182. The zero-order valence-corrected chi connectivity index (χ0v) is 9.90. The van der Waals surface area contributed by atoms with Crippen molar-refractivity contribution in [3.8, 4) is 0 Å². The predicted octanol–water partition coefficient (Wildman–Crippen LogP) is 3.56. The lowest BCUT2D eigenvalue weighted by atomic mass is 10.1. The summed E-state index contributed by atoms with van der Waals surface area (Å²) in [6.45, 7) is 0. The fourth-order valence-corrected chi connectivity index (χ4v) is 1.22. The number of carbonyl (C=O) groups is 1. The van der Waals surface area contributed by atoms with Crippen molar-refractivity contribution < 1.29 is 26.7 Å². The Hall–Kier alpha value is -1.63. The van der Waals surface area contributed by atoms with Crippen LogP contribution in [-0.2, 0) is 0 Å². The summed E-state index contributed by atoms with van der Waals surface area (Å²) in [6.07, 6.45) is -5.80. The van der Waals surface area contributed by atoms with E-state index in [1.807, 2.05) is 0 Å². The summed E-state index contributed by atoms with van der Waals surface area (Å²) < 4.78 is 61.5. The molecule has 0 amide bonds. The van der Waals surface area contributed by atoms with Crippen LogP contribution in [0, 0.1) is 0 Å². The molecule has 0 atom stereocenters. The van der Waals surface area contributed by atoms with Gasteiger partial charge in [-0.25, -0.2) is 0 Å². The maximum absolute atomic E-state index is 12.8. The highest BCUT2D eigenvalue weighted by Gasteiger charge is 2.59. The molecule has 0 unspecified atom stereocenters. The van der Waals surface area contributed by atoms with Gasteiger partial charge in [-0.3, -0.25) is 4.79 Å². The second kappa shape index (κ2) is 5.16. The first-order valence-electron chi connectivity index (χ1n) is 4.78. The molecule has 104 valence electrons. The van der Waals surface area contributed by atoms with E-state index in [0.717, 1.165) is 0 Å². The molecule has 0 aliphatic carbocycles. The molecule has 1 aromatic rings. The van der Waals surface area contributed by atoms with Gasteiger partial charge in [-0.1, -0.05) is 11.6 Å². The molecule has 0 saturated carbocycles. The summed E-state index contributed by atoms with van der Waals surface area (Å²) in [5.41, 5.74) is 2.68. The third kappa shape index (κ3) is 3.44. The molecule has 2 N–H and O–H groups in total. The lowest BCUT2D eigenvalue weighted by Gasteiger charge is -2.19. The maximum atomic E-state index is 12.8. The van der Waals surface area contributed by atoms with Crippen molar-refractivity contribution in [3.63, 3.8) is 0 Å². The molecule has 0 aliphatic heterocycles. The van der Waals surface area contributed by atoms with Crippen LogP contribution < -0.4 is 5.73 Å². The summed E-state index contributed by atoms with van der Waals surface area (Å²) in [4.78, 5) is 11.4. The number of allylic oxidation sites excluding steroid dienone is 2. The van der Waals surface area contributed by atoms with Crippen molar-refractivity contribution in [1.29, 1.82) is 0 Å². The van der Waals surface area contributed by atoms with Crippen molar-refractivity contribution in [2.75, 3.05) is 0 Å². The van der Waals surface area contributed by atoms with Crippen LogP contribution in [0.4, 0.5) is 22.0 Å². The molecule has 19 heavy (non-hydrogen) atoms. The first-order chi connectivity index (χ1) is 8.55. The van der Waals surface area contributed by atoms with Gasteiger partial charge in [-0.2, -0.15) is 22.0 Å². The number of ketones is 1. The molecule has 0 heterocycles. The number of alkyl halides is 5. The van der Waals surface area contributed by atoms with Gasteiger partial charge in [-0.15, -0.1) is 0 Å². The van der Waals surface area contributed by atoms with Gasteiger partial charge in [0.2, 0.25) is 0 Å². The Morgan fingerprint density at radius 1 is 1.11 bits per heavy atom. The van der Waals surface area contributed by atoms with Crippen molar-refractivity contribution >= 4 is 17.4 Å². The number of hydrogen-bond donors (Lipinski definition) is 1. The van der Waals surface area contributed by atoms with E-state index in [1.54, 1.807) is 0 Å². The van der Waals surface area contributed by atoms with E-state index >= 15 is 0 Å². The fourth-order valence-electron chi connectivity index (χ4n) is 1.09. The highest BCUT2D eigenvalue weighted by Crippen LogP contribution is 2.39. The Morgan fingerprint density at radius 2 is 1.58 bits per heavy atom. The van der Waals surface area contributed by atoms with Crippen LogP contribution in [0.2, 0.25) is 5.02 Å². The van der Waals surface area contributed by atoms with Gasteiger partial charge in [-0.05, 0) is 24.3 Å². The molecule has 0 spiro atoms. The average Bonchev–Trinajstić information content (AvgIpc) is 2.28. The quantitative estimate of drug-likeness (QED) is 0.527. The largest absolute Gasteiger partial charge is 0.459 e. The second-order valence-electron chi connectivity index (χ2n) is 3.54. The van der Waals surface area contributed by atoms with Crippen LogP contribution >= 0.6 is 11.6 Å². The van der Waals surface area contributed by atoms with E-state index in [4.69, 9.17) is 11.6 Å². The first kappa shape index (κ1) is 15.4. The Kier molecular flexibility index (Phi) is 4.19. The topological polar surface area (TPSA) is 43.1 Å². The smallest absolute Gasteiger partial charge is 0.397 e. The molecular weight excluding hydrogens is 293 g/mol. The number of hydrogen-bond acceptors (Lipinski definition) is 2. The molecule has 0 fully saturated rings. The van der Waals surface area contributed by atoms with Gasteiger partial charge in [0.1, 0.15) is 0 Å². The Labute approximate surface area is 109 Å². The average molecular weight is 300 g/mol. The highest BCUT2D eigenvalue weighted by atomic mass is 35.5. The first-order valence-corrected chi connectivity index (χ1v) is 5.15. The lowest BCUT2D eigenvalue weighted by Crippen LogP contribution is -2.41. The maximum Gasteiger partial charge on any atom is 0.459 e. The van der Waals surface area contributed by atoms with E-state index in [9.17, 15) is 26.7 Å². The van der Waals surface area contributed by atoms with E-state index in [-0.39, 0.29) is 16.7 Å². The number of nitrogens with two attached hydrogens (primary N) is 1. The molecule has 0 aliphatic rings. The van der Waals surface area contributed by atoms with Gasteiger partial charge in [0.15, 0.2) is 5.78 Å². The van der Waals surface area contributed by atoms with Gasteiger partial charge >= 0.3 is 12.1 Å². The van der Waals surface area contributed by atoms with E-state index in [2.05, 4.69) is 5.73 Å². The van der Waals surface area contributed by atoms with Crippen molar-refractivity contribution in [2.24, 2.45) is 5.73 Å². The van der Waals surface area contributed by atoms with Gasteiger partial charge < -0.3 is 5.73 Å². The van der Waals surface area contributed by atoms with Crippen LogP contribution in [0.5, 0.6) is 0 Å². The monoisotopic (exact) mass is 299 g/mol. The normalized spacial score (nSPS) is 13.5. The summed E-state index contributed by atoms with van der Waals surface area (Å²) in [7, 11) is 0. The van der Waals surface area contributed by atoms with E-state index in [1.165, 1.54) is 24.3 Å². The van der Waals surface area contributed by atoms with Crippen LogP contribution in [0.15, 0.2) is 36.0 Å². The Balaban J connectivity index is 3.03. The number of halogens is 6. The standard InChI is InChI=1S/C11H7ClF5NO/c12-7-3-1-6(2-4-7)8(19)5-9(18)10(13,14)11(15,16)17/h1-5H,18H2/b9-5+. The highest BCUT2D eigenvalue weighted by molar-refractivity contribution is 6.30. The van der Waals surface area contributed by atoms with Crippen LogP contribution in [0.25, 0.3) is 0 Å². The summed E-state index contributed by atoms with van der Waals surface area (Å²) in [5, 5.41) is 0.286. The molecular formula is C11H7ClF5NO. The zero-order valence-electron chi connectivity index (χ0n) is 9.14. The van der Waals surface area contributed by atoms with Gasteiger partial charge in [0, 0.05) is 16.7 Å². The third-order valence-electron chi connectivity index (χ3n) is 2.13. The molecule has 2 nitrogen and oxygen atoms in total. The van der Waals surface area contributed by atoms with Gasteiger partial charge in [0.25, 0.3) is 0 Å². The van der Waals surface area contributed by atoms with Crippen LogP contribution in [0.1, 0.15) is 10.4 Å². The second-order valence-corrected chi connectivity index (χ2v) is 3.98. The minimum atomic E-state index is -5.85. The SMILES string of the molecule is N/C(=C/C(=O)c1ccc(Cl)cc1)C(F)(F)C(F)(F)F. The predicted molar refractivity (Wildman–Crippen MR) is 59.1 cm³/mol. The van der Waals surface area contributed by atoms with Crippen molar-refractivity contribution in [3.05, 3.63) is 46.6 Å². The summed E-state index contributed by atoms with van der Waals surface area (Å²) >= 11 is 5.53. The van der Waals surface area contributed by atoms with Crippen molar-refractivity contribution in [1.82, 2.24) is 0 Å². The Bertz CT molecular complexity index is 507. The van der Waals surface area contributed by atoms with E-state index in [0.29, 0.717) is 0 Å². The summed E-state index contributed by atoms with van der Waals surface area (Å²) in [6, 6.07) is 4.95. The lowest BCUT2D eigenvalue weighted by molar-refractivity contribution is -0.264. The molecule has 0 radical (unpaired) electrons. The molecule has 0 aromatic heterocycles. The molecule has 1 rings (SSSR count). The minimum absolute atomic E-state index is 0.0523. The Morgan fingerprint density at radius 3 is 2.00 bits per heavy atom. The van der Waals surface area contributed by atoms with Crippen molar-refractivity contribution in [2.45, 2.75) is 12.1 Å². The summed E-state index contributed by atoms with van der Waals surface area (Å²) in [5.74, 6) is -6.33. The molecule has 8 heteroatoms. The van der Waals surface area contributed by atoms with Crippen LogP contribution in [0.3, 0.4) is 0 Å². The number of rotatable bonds is 3. The molecule has 1 aromatic carbocycles. The van der Waals surface area contributed by atoms with E-state index < -0.39 is 23.6 Å². The zero-order chi connectivity index (χ0) is 14.8. The van der Waals surface area contributed by atoms with Crippen LogP contribution in [-0.4, -0.2) is 17.9 Å². The third-order valence-corrected chi connectivity index (χ3v) is 2.39.